The number of ketones is 1. The highest BCUT2D eigenvalue weighted by atomic mass is 16.5. The van der Waals surface area contributed by atoms with E-state index in [-0.39, 0.29) is 11.9 Å². The molecule has 23 heavy (non-hydrogen) atoms. The molecule has 1 aliphatic rings. The Labute approximate surface area is 136 Å². The predicted molar refractivity (Wildman–Crippen MR) is 85.8 cm³/mol. The number of hydrogen-bond donors (Lipinski definition) is 0. The van der Waals surface area contributed by atoms with Crippen LogP contribution in [0.2, 0.25) is 0 Å². The van der Waals surface area contributed by atoms with Crippen LogP contribution in [0.4, 0.5) is 0 Å². The normalized spacial score (nSPS) is 24.3. The highest BCUT2D eigenvalue weighted by molar-refractivity contribution is 5.95. The molecule has 0 aromatic heterocycles. The Kier molecular flexibility index (Phi) is 4.85. The maximum Gasteiger partial charge on any atom is 0.259 e. The topological polar surface area (TPSA) is 65.0 Å². The second kappa shape index (κ2) is 6.36. The highest BCUT2D eigenvalue weighted by Crippen LogP contribution is 2.39. The van der Waals surface area contributed by atoms with Gasteiger partial charge in [-0.3, -0.25) is 4.79 Å². The van der Waals surface area contributed by atoms with Crippen LogP contribution < -0.4 is 0 Å². The number of nitrogens with zero attached hydrogens (tertiary/aromatic N) is 1. The maximum atomic E-state index is 13.1. The number of isocyanates is 1. The van der Waals surface area contributed by atoms with E-state index in [1.807, 2.05) is 32.9 Å². The largest absolute Gasteiger partial charge is 0.364 e. The number of aliphatic imine (C=N–C) groups is 1. The second-order valence-corrected chi connectivity index (χ2v) is 6.96. The van der Waals surface area contributed by atoms with E-state index in [2.05, 4.69) is 4.99 Å². The second-order valence-electron chi connectivity index (χ2n) is 6.96. The van der Waals surface area contributed by atoms with Crippen LogP contribution in [-0.2, 0) is 31.2 Å². The SMILES string of the molecule is CC(C)OC1(N=C=O)C(=O)C(OC(C)(C)C)Cc2ccccc21. The lowest BCUT2D eigenvalue weighted by Crippen LogP contribution is -2.52. The van der Waals surface area contributed by atoms with Gasteiger partial charge in [0.2, 0.25) is 11.9 Å². The molecule has 2 rings (SSSR count). The van der Waals surface area contributed by atoms with E-state index in [1.54, 1.807) is 26.0 Å². The first kappa shape index (κ1) is 17.5. The Balaban J connectivity index is 2.60. The Bertz CT molecular complexity index is 641. The lowest BCUT2D eigenvalue weighted by atomic mass is 9.81. The molecule has 1 aromatic carbocycles. The van der Waals surface area contributed by atoms with Crippen molar-refractivity contribution < 1.29 is 19.1 Å². The predicted octanol–water partition coefficient (Wildman–Crippen LogP) is 2.91. The van der Waals surface area contributed by atoms with Crippen LogP contribution >= 0.6 is 0 Å². The molecule has 0 saturated carbocycles. The third kappa shape index (κ3) is 3.58. The first-order valence-corrected chi connectivity index (χ1v) is 7.77. The number of Topliss-reactive ketones (excluding diaryl/α,β-unsaturated/α-hetero) is 1. The molecular formula is C18H23NO4. The van der Waals surface area contributed by atoms with E-state index in [4.69, 9.17) is 9.47 Å². The van der Waals surface area contributed by atoms with Gasteiger partial charge in [-0.05, 0) is 40.2 Å². The third-order valence-corrected chi connectivity index (χ3v) is 3.52. The number of hydrogen-bond acceptors (Lipinski definition) is 5. The molecule has 0 amide bonds. The Morgan fingerprint density at radius 1 is 1.30 bits per heavy atom. The molecule has 0 spiro atoms. The molecule has 2 unspecified atom stereocenters. The lowest BCUT2D eigenvalue weighted by Gasteiger charge is -2.39. The van der Waals surface area contributed by atoms with Crippen molar-refractivity contribution >= 4 is 11.9 Å². The maximum absolute atomic E-state index is 13.1. The zero-order chi connectivity index (χ0) is 17.3. The first-order chi connectivity index (χ1) is 10.7. The van der Waals surface area contributed by atoms with Gasteiger partial charge >= 0.3 is 0 Å². The van der Waals surface area contributed by atoms with Crippen LogP contribution in [0.25, 0.3) is 0 Å². The Hall–Kier alpha value is -1.81. The summed E-state index contributed by atoms with van der Waals surface area (Å²) in [4.78, 5) is 27.9. The fraction of sp³-hybridized carbons (Fsp3) is 0.556. The minimum Gasteiger partial charge on any atom is -0.364 e. The van der Waals surface area contributed by atoms with Crippen molar-refractivity contribution in [2.45, 2.75) is 64.6 Å². The minimum atomic E-state index is -1.68. The van der Waals surface area contributed by atoms with Crippen molar-refractivity contribution in [3.05, 3.63) is 35.4 Å². The summed E-state index contributed by atoms with van der Waals surface area (Å²) in [6.07, 6.45) is 0.931. The van der Waals surface area contributed by atoms with E-state index in [0.29, 0.717) is 12.0 Å². The Morgan fingerprint density at radius 3 is 2.52 bits per heavy atom. The molecule has 1 aliphatic carbocycles. The van der Waals surface area contributed by atoms with Gasteiger partial charge in [0.25, 0.3) is 5.72 Å². The van der Waals surface area contributed by atoms with E-state index in [9.17, 15) is 9.59 Å². The fourth-order valence-electron chi connectivity index (χ4n) is 2.86. The summed E-state index contributed by atoms with van der Waals surface area (Å²) in [6, 6.07) is 7.35. The Morgan fingerprint density at radius 2 is 1.96 bits per heavy atom. The molecule has 0 bridgehead atoms. The highest BCUT2D eigenvalue weighted by Gasteiger charge is 2.51. The molecular weight excluding hydrogens is 294 g/mol. The summed E-state index contributed by atoms with van der Waals surface area (Å²) in [5.41, 5.74) is -0.696. The van der Waals surface area contributed by atoms with Crippen LogP contribution in [0.15, 0.2) is 29.3 Å². The molecule has 5 nitrogen and oxygen atoms in total. The summed E-state index contributed by atoms with van der Waals surface area (Å²) in [5, 5.41) is 0. The number of rotatable bonds is 4. The zero-order valence-electron chi connectivity index (χ0n) is 14.3. The van der Waals surface area contributed by atoms with Gasteiger partial charge in [-0.15, -0.1) is 0 Å². The van der Waals surface area contributed by atoms with Crippen molar-refractivity contribution in [3.8, 4) is 0 Å². The van der Waals surface area contributed by atoms with Crippen LogP contribution in [-0.4, -0.2) is 29.7 Å². The molecule has 124 valence electrons. The lowest BCUT2D eigenvalue weighted by molar-refractivity contribution is -0.174. The van der Waals surface area contributed by atoms with Gasteiger partial charge in [0.15, 0.2) is 0 Å². The molecule has 0 N–H and O–H groups in total. The number of fused-ring (bicyclic) bond motifs is 1. The van der Waals surface area contributed by atoms with Crippen molar-refractivity contribution in [3.63, 3.8) is 0 Å². The summed E-state index contributed by atoms with van der Waals surface area (Å²) in [5.74, 6) is -0.358. The standard InChI is InChI=1S/C18H23NO4/c1-12(2)22-18(19-11-20)14-9-7-6-8-13(14)10-15(16(18)21)23-17(3,4)5/h6-9,12,15H,10H2,1-5H3. The molecule has 0 fully saturated rings. The number of carbonyl (C=O) groups is 1. The van der Waals surface area contributed by atoms with Crippen LogP contribution in [0, 0.1) is 0 Å². The third-order valence-electron chi connectivity index (χ3n) is 3.52. The average molecular weight is 317 g/mol. The summed E-state index contributed by atoms with van der Waals surface area (Å²) in [7, 11) is 0. The minimum absolute atomic E-state index is 0.294. The van der Waals surface area contributed by atoms with E-state index in [1.165, 1.54) is 6.08 Å². The van der Waals surface area contributed by atoms with E-state index < -0.39 is 17.4 Å². The number of ether oxygens (including phenoxy) is 2. The smallest absolute Gasteiger partial charge is 0.259 e. The van der Waals surface area contributed by atoms with E-state index >= 15 is 0 Å². The monoisotopic (exact) mass is 317 g/mol. The van der Waals surface area contributed by atoms with Gasteiger partial charge in [0.1, 0.15) is 6.10 Å². The van der Waals surface area contributed by atoms with Crippen molar-refractivity contribution in [2.75, 3.05) is 0 Å². The van der Waals surface area contributed by atoms with Crippen molar-refractivity contribution in [1.82, 2.24) is 0 Å². The van der Waals surface area contributed by atoms with Crippen molar-refractivity contribution in [2.24, 2.45) is 4.99 Å². The van der Waals surface area contributed by atoms with Gasteiger partial charge in [-0.2, -0.15) is 4.99 Å². The molecule has 0 saturated heterocycles. The van der Waals surface area contributed by atoms with Gasteiger partial charge < -0.3 is 9.47 Å². The van der Waals surface area contributed by atoms with Gasteiger partial charge in [-0.1, -0.05) is 24.3 Å². The molecule has 0 aliphatic heterocycles. The van der Waals surface area contributed by atoms with Crippen LogP contribution in [0.1, 0.15) is 45.7 Å². The van der Waals surface area contributed by atoms with Gasteiger partial charge in [0, 0.05) is 12.0 Å². The van der Waals surface area contributed by atoms with E-state index in [0.717, 1.165) is 5.56 Å². The zero-order valence-corrected chi connectivity index (χ0v) is 14.3. The van der Waals surface area contributed by atoms with Gasteiger partial charge in [0.05, 0.1) is 11.7 Å². The molecule has 2 atom stereocenters. The molecule has 0 radical (unpaired) electrons. The molecule has 0 heterocycles. The van der Waals surface area contributed by atoms with Gasteiger partial charge in [-0.25, -0.2) is 4.79 Å². The quantitative estimate of drug-likeness (QED) is 0.632. The fourth-order valence-corrected chi connectivity index (χ4v) is 2.86. The number of carbonyl (C=O) groups excluding carboxylic acids is 2. The molecule has 5 heteroatoms. The summed E-state index contributed by atoms with van der Waals surface area (Å²) >= 11 is 0. The van der Waals surface area contributed by atoms with Crippen LogP contribution in [0.3, 0.4) is 0 Å². The first-order valence-electron chi connectivity index (χ1n) is 7.77. The summed E-state index contributed by atoms with van der Waals surface area (Å²) in [6.45, 7) is 9.25. The summed E-state index contributed by atoms with van der Waals surface area (Å²) < 4.78 is 11.8. The molecule has 1 aromatic rings. The van der Waals surface area contributed by atoms with Crippen molar-refractivity contribution in [1.29, 1.82) is 0 Å². The average Bonchev–Trinajstić information content (AvgIpc) is 2.43. The van der Waals surface area contributed by atoms with Crippen LogP contribution in [0.5, 0.6) is 0 Å². The number of benzene rings is 1.